The molecule has 0 bridgehead atoms. The third-order valence-electron chi connectivity index (χ3n) is 5.03. The molecule has 0 fully saturated rings. The molecule has 0 saturated heterocycles. The molecule has 0 heterocycles. The lowest BCUT2D eigenvalue weighted by Crippen LogP contribution is -2.34. The van der Waals surface area contributed by atoms with E-state index in [1.165, 1.54) is 41.0 Å². The van der Waals surface area contributed by atoms with Gasteiger partial charge in [-0.1, -0.05) is 33.8 Å². The van der Waals surface area contributed by atoms with Gasteiger partial charge in [-0.05, 0) is 60.8 Å². The van der Waals surface area contributed by atoms with Crippen LogP contribution >= 0.6 is 0 Å². The van der Waals surface area contributed by atoms with Crippen LogP contribution < -0.4 is 10.6 Å². The van der Waals surface area contributed by atoms with Crippen LogP contribution in [0, 0.1) is 0 Å². The van der Waals surface area contributed by atoms with Crippen LogP contribution in [0.5, 0.6) is 0 Å². The van der Waals surface area contributed by atoms with Gasteiger partial charge in [0.1, 0.15) is 0 Å². The maximum absolute atomic E-state index is 3.52. The zero-order valence-corrected chi connectivity index (χ0v) is 14.6. The second-order valence-electron chi connectivity index (χ2n) is 7.56. The number of benzene rings is 1. The third-order valence-corrected chi connectivity index (χ3v) is 5.03. The van der Waals surface area contributed by atoms with E-state index in [1.807, 2.05) is 7.05 Å². The van der Waals surface area contributed by atoms with Gasteiger partial charge in [0.25, 0.3) is 0 Å². The van der Waals surface area contributed by atoms with Crippen molar-refractivity contribution in [3.63, 3.8) is 0 Å². The van der Waals surface area contributed by atoms with Crippen molar-refractivity contribution in [1.29, 1.82) is 0 Å². The van der Waals surface area contributed by atoms with Crippen LogP contribution in [-0.4, -0.2) is 7.05 Å². The average molecular weight is 286 g/mol. The van der Waals surface area contributed by atoms with Crippen molar-refractivity contribution in [2.75, 3.05) is 17.7 Å². The number of hydrogen-bond acceptors (Lipinski definition) is 2. The van der Waals surface area contributed by atoms with Crippen molar-refractivity contribution in [3.8, 4) is 0 Å². The summed E-state index contributed by atoms with van der Waals surface area (Å²) in [6.45, 7) is 13.6. The Hall–Kier alpha value is -1.44. The van der Waals surface area contributed by atoms with Crippen LogP contribution in [0.15, 0.2) is 23.9 Å². The highest BCUT2D eigenvalue weighted by Crippen LogP contribution is 2.48. The lowest BCUT2D eigenvalue weighted by Gasteiger charge is -2.42. The maximum atomic E-state index is 3.52. The van der Waals surface area contributed by atoms with Gasteiger partial charge in [0.15, 0.2) is 0 Å². The Morgan fingerprint density at radius 1 is 1.00 bits per heavy atom. The second kappa shape index (κ2) is 5.40. The number of rotatable bonds is 3. The zero-order valence-electron chi connectivity index (χ0n) is 14.6. The maximum Gasteiger partial charge on any atom is 0.0620 e. The standard InChI is InChI=1S/C19H30N2/c1-8-13(2)21-17-12-15-14(11-16(17)20-7)18(3,4)9-10-19(15,5)6/h8,11-12,20-21H,9-10H2,1-7H3/b13-8+. The Labute approximate surface area is 130 Å². The Bertz CT molecular complexity index is 565. The fourth-order valence-corrected chi connectivity index (χ4v) is 3.21. The van der Waals surface area contributed by atoms with Crippen LogP contribution in [0.2, 0.25) is 0 Å². The molecule has 2 heteroatoms. The quantitative estimate of drug-likeness (QED) is 0.776. The van der Waals surface area contributed by atoms with E-state index in [4.69, 9.17) is 0 Å². The predicted octanol–water partition coefficient (Wildman–Crippen LogP) is 5.41. The number of nitrogens with one attached hydrogen (secondary N) is 2. The molecule has 0 unspecified atom stereocenters. The molecule has 0 atom stereocenters. The highest BCUT2D eigenvalue weighted by molar-refractivity contribution is 5.74. The lowest BCUT2D eigenvalue weighted by atomic mass is 9.63. The molecule has 0 radical (unpaired) electrons. The molecule has 116 valence electrons. The summed E-state index contributed by atoms with van der Waals surface area (Å²) in [6, 6.07) is 4.70. The fourth-order valence-electron chi connectivity index (χ4n) is 3.21. The summed E-state index contributed by atoms with van der Waals surface area (Å²) in [5.74, 6) is 0. The number of anilines is 2. The van der Waals surface area contributed by atoms with Crippen molar-refractivity contribution < 1.29 is 0 Å². The molecule has 1 aromatic carbocycles. The van der Waals surface area contributed by atoms with E-state index < -0.39 is 0 Å². The first-order valence-electron chi connectivity index (χ1n) is 7.98. The largest absolute Gasteiger partial charge is 0.386 e. The molecule has 0 aliphatic heterocycles. The fraction of sp³-hybridized carbons (Fsp3) is 0.579. The molecule has 0 saturated carbocycles. The summed E-state index contributed by atoms with van der Waals surface area (Å²) >= 11 is 0. The number of allylic oxidation sites excluding steroid dienone is 2. The molecule has 1 aromatic rings. The van der Waals surface area contributed by atoms with Crippen molar-refractivity contribution in [3.05, 3.63) is 35.0 Å². The third kappa shape index (κ3) is 2.95. The van der Waals surface area contributed by atoms with Crippen LogP contribution in [0.4, 0.5) is 11.4 Å². The van der Waals surface area contributed by atoms with Gasteiger partial charge in [-0.15, -0.1) is 0 Å². The summed E-state index contributed by atoms with van der Waals surface area (Å²) in [5, 5.41) is 6.88. The molecule has 21 heavy (non-hydrogen) atoms. The van der Waals surface area contributed by atoms with Gasteiger partial charge >= 0.3 is 0 Å². The Morgan fingerprint density at radius 3 is 1.90 bits per heavy atom. The number of fused-ring (bicyclic) bond motifs is 1. The van der Waals surface area contributed by atoms with E-state index >= 15 is 0 Å². The second-order valence-corrected chi connectivity index (χ2v) is 7.56. The molecular formula is C19H30N2. The molecule has 0 aromatic heterocycles. The normalized spacial score (nSPS) is 19.9. The van der Waals surface area contributed by atoms with Crippen LogP contribution in [0.25, 0.3) is 0 Å². The Balaban J connectivity index is 2.62. The van der Waals surface area contributed by atoms with Gasteiger partial charge in [0.2, 0.25) is 0 Å². The highest BCUT2D eigenvalue weighted by atomic mass is 14.9. The van der Waals surface area contributed by atoms with Crippen LogP contribution in [0.3, 0.4) is 0 Å². The minimum atomic E-state index is 0.247. The van der Waals surface area contributed by atoms with Crippen molar-refractivity contribution in [2.24, 2.45) is 0 Å². The van der Waals surface area contributed by atoms with E-state index in [1.54, 1.807) is 0 Å². The van der Waals surface area contributed by atoms with Gasteiger partial charge in [-0.2, -0.15) is 0 Å². The van der Waals surface area contributed by atoms with Gasteiger partial charge < -0.3 is 10.6 Å². The summed E-state index contributed by atoms with van der Waals surface area (Å²) in [6.07, 6.45) is 4.60. The van der Waals surface area contributed by atoms with Gasteiger partial charge in [-0.25, -0.2) is 0 Å². The van der Waals surface area contributed by atoms with Gasteiger partial charge in [0, 0.05) is 12.7 Å². The molecule has 0 amide bonds. The topological polar surface area (TPSA) is 24.1 Å². The van der Waals surface area contributed by atoms with E-state index in [9.17, 15) is 0 Å². The molecule has 2 nitrogen and oxygen atoms in total. The van der Waals surface area contributed by atoms with E-state index in [0.29, 0.717) is 0 Å². The van der Waals surface area contributed by atoms with Crippen LogP contribution in [0.1, 0.15) is 65.5 Å². The summed E-state index contributed by atoms with van der Waals surface area (Å²) in [4.78, 5) is 0. The van der Waals surface area contributed by atoms with Crippen molar-refractivity contribution >= 4 is 11.4 Å². The zero-order chi connectivity index (χ0) is 15.8. The smallest absolute Gasteiger partial charge is 0.0620 e. The molecule has 2 N–H and O–H groups in total. The number of hydrogen-bond donors (Lipinski definition) is 2. The van der Waals surface area contributed by atoms with E-state index in [0.717, 1.165) is 0 Å². The molecule has 2 rings (SSSR count). The lowest BCUT2D eigenvalue weighted by molar-refractivity contribution is 0.332. The predicted molar refractivity (Wildman–Crippen MR) is 94.3 cm³/mol. The molecule has 0 spiro atoms. The average Bonchev–Trinajstić information content (AvgIpc) is 2.43. The SMILES string of the molecule is C/C=C(\C)Nc1cc2c(cc1NC)C(C)(C)CCC2(C)C. The van der Waals surface area contributed by atoms with Crippen LogP contribution in [-0.2, 0) is 10.8 Å². The molecule has 1 aliphatic rings. The minimum Gasteiger partial charge on any atom is -0.386 e. The van der Waals surface area contributed by atoms with Crippen molar-refractivity contribution in [2.45, 2.75) is 65.2 Å². The summed E-state index contributed by atoms with van der Waals surface area (Å²) < 4.78 is 0. The first kappa shape index (κ1) is 15.9. The van der Waals surface area contributed by atoms with Gasteiger partial charge in [-0.3, -0.25) is 0 Å². The first-order chi connectivity index (χ1) is 9.71. The monoisotopic (exact) mass is 286 g/mol. The summed E-state index contributed by atoms with van der Waals surface area (Å²) in [5.41, 5.74) is 7.02. The Morgan fingerprint density at radius 2 is 1.48 bits per heavy atom. The van der Waals surface area contributed by atoms with Crippen molar-refractivity contribution in [1.82, 2.24) is 0 Å². The van der Waals surface area contributed by atoms with Gasteiger partial charge in [0.05, 0.1) is 11.4 Å². The summed E-state index contributed by atoms with van der Waals surface area (Å²) in [7, 11) is 2.00. The molecular weight excluding hydrogens is 256 g/mol. The van der Waals surface area contributed by atoms with E-state index in [-0.39, 0.29) is 10.8 Å². The molecule has 1 aliphatic carbocycles. The first-order valence-corrected chi connectivity index (χ1v) is 7.98. The highest BCUT2D eigenvalue weighted by Gasteiger charge is 2.37. The minimum absolute atomic E-state index is 0.247. The Kier molecular flexibility index (Phi) is 4.10. The van der Waals surface area contributed by atoms with E-state index in [2.05, 4.69) is 70.4 Å².